The van der Waals surface area contributed by atoms with E-state index >= 15 is 0 Å². The molecule has 0 aliphatic rings. The van der Waals surface area contributed by atoms with Crippen LogP contribution in [0.15, 0.2) is 65.6 Å². The van der Waals surface area contributed by atoms with Gasteiger partial charge in [-0.1, -0.05) is 42.5 Å². The minimum Gasteiger partial charge on any atom is -0.332 e. The summed E-state index contributed by atoms with van der Waals surface area (Å²) in [6, 6.07) is 19.1. The van der Waals surface area contributed by atoms with E-state index in [4.69, 9.17) is 4.98 Å². The van der Waals surface area contributed by atoms with Gasteiger partial charge in [0.25, 0.3) is 5.91 Å². The second-order valence-corrected chi connectivity index (χ2v) is 8.59. The molecule has 2 amide bonds. The van der Waals surface area contributed by atoms with Gasteiger partial charge >= 0.3 is 0 Å². The fourth-order valence-corrected chi connectivity index (χ4v) is 4.35. The van der Waals surface area contributed by atoms with Crippen molar-refractivity contribution >= 4 is 40.3 Å². The molecule has 0 saturated carbocycles. The van der Waals surface area contributed by atoms with E-state index in [9.17, 15) is 9.59 Å². The van der Waals surface area contributed by atoms with Crippen molar-refractivity contribution in [1.29, 1.82) is 0 Å². The number of nitrogens with one attached hydrogen (secondary N) is 1. The fraction of sp³-hybridized carbons (Fsp3) is 0.200. The third-order valence-electron chi connectivity index (χ3n) is 5.38. The van der Waals surface area contributed by atoms with Crippen LogP contribution >= 0.6 is 11.8 Å². The summed E-state index contributed by atoms with van der Waals surface area (Å²) in [5, 5.41) is 8.07. The molecule has 1 N–H and O–H groups in total. The van der Waals surface area contributed by atoms with Gasteiger partial charge in [-0.25, -0.2) is 4.98 Å². The first kappa shape index (κ1) is 22.5. The van der Waals surface area contributed by atoms with E-state index in [0.717, 1.165) is 21.8 Å². The lowest BCUT2D eigenvalue weighted by molar-refractivity contribution is -0.116. The molecular weight excluding hydrogens is 434 g/mol. The summed E-state index contributed by atoms with van der Waals surface area (Å²) in [6.45, 7) is 1.78. The van der Waals surface area contributed by atoms with Crippen LogP contribution < -0.4 is 5.32 Å². The zero-order valence-corrected chi connectivity index (χ0v) is 19.8. The highest BCUT2D eigenvalue weighted by Gasteiger charge is 2.23. The van der Waals surface area contributed by atoms with Crippen molar-refractivity contribution in [2.24, 2.45) is 7.05 Å². The van der Waals surface area contributed by atoms with Crippen LogP contribution in [0.2, 0.25) is 0 Å². The number of carbonyl (C=O) groups is 2. The Hall–Kier alpha value is -3.65. The predicted molar refractivity (Wildman–Crippen MR) is 132 cm³/mol. The van der Waals surface area contributed by atoms with Gasteiger partial charge in [0.15, 0.2) is 5.65 Å². The zero-order chi connectivity index (χ0) is 23.5. The summed E-state index contributed by atoms with van der Waals surface area (Å²) in [5.74, 6) is -0.521. The van der Waals surface area contributed by atoms with Gasteiger partial charge in [-0.05, 0) is 31.4 Å². The molecule has 33 heavy (non-hydrogen) atoms. The third-order valence-corrected chi connectivity index (χ3v) is 6.17. The summed E-state index contributed by atoms with van der Waals surface area (Å²) in [4.78, 5) is 33.3. The minimum atomic E-state index is -0.260. The molecule has 0 saturated heterocycles. The van der Waals surface area contributed by atoms with Crippen LogP contribution in [0.3, 0.4) is 0 Å². The van der Waals surface area contributed by atoms with Gasteiger partial charge in [-0.15, -0.1) is 11.8 Å². The van der Waals surface area contributed by atoms with E-state index in [1.54, 1.807) is 29.6 Å². The van der Waals surface area contributed by atoms with Crippen molar-refractivity contribution < 1.29 is 9.59 Å². The molecule has 0 atom stereocenters. The van der Waals surface area contributed by atoms with Crippen LogP contribution in [0.5, 0.6) is 0 Å². The number of amides is 2. The molecule has 0 radical (unpaired) electrons. The maximum atomic E-state index is 13.5. The molecular formula is C25H25N5O2S. The quantitative estimate of drug-likeness (QED) is 0.433. The number of para-hydroxylation sites is 1. The maximum Gasteiger partial charge on any atom is 0.254 e. The van der Waals surface area contributed by atoms with Gasteiger partial charge in [0.05, 0.1) is 34.6 Å². The highest BCUT2D eigenvalue weighted by atomic mass is 32.2. The Morgan fingerprint density at radius 2 is 1.79 bits per heavy atom. The predicted octanol–water partition coefficient (Wildman–Crippen LogP) is 4.38. The van der Waals surface area contributed by atoms with E-state index in [0.29, 0.717) is 22.3 Å². The lowest BCUT2D eigenvalue weighted by Crippen LogP contribution is -2.35. The smallest absolute Gasteiger partial charge is 0.254 e. The van der Waals surface area contributed by atoms with E-state index in [1.807, 2.05) is 74.8 Å². The number of fused-ring (bicyclic) bond motifs is 1. The summed E-state index contributed by atoms with van der Waals surface area (Å²) >= 11 is 1.55. The lowest BCUT2D eigenvalue weighted by atomic mass is 10.0. The molecule has 168 valence electrons. The van der Waals surface area contributed by atoms with Gasteiger partial charge in [-0.3, -0.25) is 14.3 Å². The van der Waals surface area contributed by atoms with Crippen molar-refractivity contribution in [3.05, 3.63) is 71.9 Å². The van der Waals surface area contributed by atoms with E-state index < -0.39 is 0 Å². The molecule has 0 aliphatic heterocycles. The lowest BCUT2D eigenvalue weighted by Gasteiger charge is -2.18. The van der Waals surface area contributed by atoms with Crippen LogP contribution in [0.4, 0.5) is 5.69 Å². The van der Waals surface area contributed by atoms with Crippen molar-refractivity contribution in [2.45, 2.75) is 11.8 Å². The van der Waals surface area contributed by atoms with E-state index in [1.165, 1.54) is 4.90 Å². The number of carbonyl (C=O) groups excluding carboxylic acids is 2. The van der Waals surface area contributed by atoms with Crippen LogP contribution in [0.1, 0.15) is 16.1 Å². The second-order valence-electron chi connectivity index (χ2n) is 7.74. The van der Waals surface area contributed by atoms with Crippen molar-refractivity contribution in [1.82, 2.24) is 19.7 Å². The molecule has 8 heteroatoms. The van der Waals surface area contributed by atoms with Gasteiger partial charge in [-0.2, -0.15) is 5.10 Å². The Kier molecular flexibility index (Phi) is 6.46. The molecule has 0 spiro atoms. The van der Waals surface area contributed by atoms with Gasteiger partial charge in [0.1, 0.15) is 0 Å². The van der Waals surface area contributed by atoms with Gasteiger partial charge in [0.2, 0.25) is 5.91 Å². The fourth-order valence-electron chi connectivity index (χ4n) is 3.80. The number of hydrogen-bond acceptors (Lipinski definition) is 5. The molecule has 4 rings (SSSR count). The third kappa shape index (κ3) is 4.61. The Labute approximate surface area is 196 Å². The van der Waals surface area contributed by atoms with Crippen LogP contribution in [-0.2, 0) is 11.8 Å². The first-order chi connectivity index (χ1) is 15.9. The summed E-state index contributed by atoms with van der Waals surface area (Å²) in [7, 11) is 3.44. The number of thioether (sulfide) groups is 1. The SMILES string of the molecule is CSc1ccccc1NC(=O)CN(C)C(=O)c1cc(-c2ccccc2)nc2c1c(C)nn2C. The number of rotatable bonds is 6. The van der Waals surface area contributed by atoms with Gasteiger partial charge in [0, 0.05) is 24.6 Å². The standard InChI is InChI=1S/C25H25N5O2S/c1-16-23-18(14-20(17-10-6-5-7-11-17)27-24(23)30(3)28-16)25(32)29(2)15-22(31)26-19-12-8-9-13-21(19)33-4/h5-14H,15H2,1-4H3,(H,26,31). The molecule has 0 fully saturated rings. The summed E-state index contributed by atoms with van der Waals surface area (Å²) in [5.41, 5.74) is 4.14. The highest BCUT2D eigenvalue weighted by molar-refractivity contribution is 7.98. The van der Waals surface area contributed by atoms with Crippen molar-refractivity contribution in [3.8, 4) is 11.3 Å². The second kappa shape index (κ2) is 9.46. The number of aryl methyl sites for hydroxylation is 2. The zero-order valence-electron chi connectivity index (χ0n) is 19.0. The molecule has 2 aromatic heterocycles. The average Bonchev–Trinajstić information content (AvgIpc) is 3.12. The van der Waals surface area contributed by atoms with Gasteiger partial charge < -0.3 is 10.2 Å². The first-order valence-electron chi connectivity index (χ1n) is 10.5. The largest absolute Gasteiger partial charge is 0.332 e. The van der Waals surface area contributed by atoms with Crippen LogP contribution in [0.25, 0.3) is 22.3 Å². The Morgan fingerprint density at radius 3 is 2.52 bits per heavy atom. The Bertz CT molecular complexity index is 1330. The number of aromatic nitrogens is 3. The number of benzene rings is 2. The number of hydrogen-bond donors (Lipinski definition) is 1. The highest BCUT2D eigenvalue weighted by Crippen LogP contribution is 2.28. The van der Waals surface area contributed by atoms with E-state index in [-0.39, 0.29) is 18.4 Å². The van der Waals surface area contributed by atoms with Crippen LogP contribution in [-0.4, -0.2) is 51.3 Å². The topological polar surface area (TPSA) is 80.1 Å². The Morgan fingerprint density at radius 1 is 1.09 bits per heavy atom. The van der Waals surface area contributed by atoms with Crippen molar-refractivity contribution in [2.75, 3.05) is 25.2 Å². The molecule has 4 aromatic rings. The molecule has 0 aliphatic carbocycles. The van der Waals surface area contributed by atoms with Crippen LogP contribution in [0, 0.1) is 6.92 Å². The summed E-state index contributed by atoms with van der Waals surface area (Å²) in [6.07, 6.45) is 1.95. The Balaban J connectivity index is 1.65. The maximum absolute atomic E-state index is 13.5. The number of pyridine rings is 1. The molecule has 0 bridgehead atoms. The number of nitrogens with zero attached hydrogens (tertiary/aromatic N) is 4. The molecule has 2 heterocycles. The molecule has 0 unspecified atom stereocenters. The monoisotopic (exact) mass is 459 g/mol. The number of likely N-dealkylation sites (N-methyl/N-ethyl adjacent to an activating group) is 1. The summed E-state index contributed by atoms with van der Waals surface area (Å²) < 4.78 is 1.68. The minimum absolute atomic E-state index is 0.0780. The van der Waals surface area contributed by atoms with E-state index in [2.05, 4.69) is 10.4 Å². The number of anilines is 1. The molecule has 2 aromatic carbocycles. The first-order valence-corrected chi connectivity index (χ1v) is 11.7. The molecule has 7 nitrogen and oxygen atoms in total. The average molecular weight is 460 g/mol. The normalized spacial score (nSPS) is 10.9. The van der Waals surface area contributed by atoms with Crippen molar-refractivity contribution in [3.63, 3.8) is 0 Å².